The Morgan fingerprint density at radius 3 is 2.71 bits per heavy atom. The van der Waals surface area contributed by atoms with Crippen molar-refractivity contribution >= 4 is 11.6 Å². The van der Waals surface area contributed by atoms with Crippen LogP contribution in [0.25, 0.3) is 0 Å². The highest BCUT2D eigenvalue weighted by Crippen LogP contribution is 2.06. The number of nitrogens with one attached hydrogen (secondary N) is 1. The van der Waals surface area contributed by atoms with E-state index in [2.05, 4.69) is 36.5 Å². The second-order valence-corrected chi connectivity index (χ2v) is 3.85. The highest BCUT2D eigenvalue weighted by atomic mass is 35.5. The molecule has 0 atom stereocenters. The average molecular weight is 212 g/mol. The second-order valence-electron chi connectivity index (χ2n) is 3.47. The predicted octanol–water partition coefficient (Wildman–Crippen LogP) is 2.76. The van der Waals surface area contributed by atoms with Gasteiger partial charge in [0.2, 0.25) is 0 Å². The Labute approximate surface area is 91.5 Å². The van der Waals surface area contributed by atoms with E-state index in [4.69, 9.17) is 11.6 Å². The zero-order valence-corrected chi connectivity index (χ0v) is 9.48. The SMILES string of the molecule is Cc1ccccc1CCNCCCCl. The first-order valence-corrected chi connectivity index (χ1v) is 5.69. The van der Waals surface area contributed by atoms with Crippen LogP contribution in [0.2, 0.25) is 0 Å². The molecule has 1 N–H and O–H groups in total. The lowest BCUT2D eigenvalue weighted by Crippen LogP contribution is -2.19. The number of halogens is 1. The fourth-order valence-electron chi connectivity index (χ4n) is 1.43. The molecule has 0 aromatic heterocycles. The van der Waals surface area contributed by atoms with Crippen LogP contribution in [-0.4, -0.2) is 19.0 Å². The monoisotopic (exact) mass is 211 g/mol. The molecule has 1 nitrogen and oxygen atoms in total. The van der Waals surface area contributed by atoms with Gasteiger partial charge in [0.1, 0.15) is 0 Å². The molecule has 0 heterocycles. The Hall–Kier alpha value is -0.530. The van der Waals surface area contributed by atoms with Gasteiger partial charge in [0, 0.05) is 5.88 Å². The molecule has 0 fully saturated rings. The van der Waals surface area contributed by atoms with Gasteiger partial charge in [-0.05, 0) is 44.0 Å². The maximum Gasteiger partial charge on any atom is 0.0235 e. The summed E-state index contributed by atoms with van der Waals surface area (Å²) < 4.78 is 0. The molecule has 0 radical (unpaired) electrons. The minimum atomic E-state index is 0.747. The fourth-order valence-corrected chi connectivity index (χ4v) is 1.56. The van der Waals surface area contributed by atoms with Crippen LogP contribution < -0.4 is 5.32 Å². The number of aryl methyl sites for hydroxylation is 1. The summed E-state index contributed by atoms with van der Waals surface area (Å²) in [6, 6.07) is 8.54. The zero-order chi connectivity index (χ0) is 10.2. The molecule has 0 saturated carbocycles. The highest BCUT2D eigenvalue weighted by Gasteiger charge is 1.95. The molecule has 78 valence electrons. The largest absolute Gasteiger partial charge is 0.316 e. The second kappa shape index (κ2) is 6.86. The van der Waals surface area contributed by atoms with Gasteiger partial charge in [0.25, 0.3) is 0 Å². The van der Waals surface area contributed by atoms with E-state index in [0.29, 0.717) is 0 Å². The lowest BCUT2D eigenvalue weighted by atomic mass is 10.1. The van der Waals surface area contributed by atoms with Crippen LogP contribution >= 0.6 is 11.6 Å². The van der Waals surface area contributed by atoms with Crippen LogP contribution in [0.5, 0.6) is 0 Å². The summed E-state index contributed by atoms with van der Waals surface area (Å²) in [5.74, 6) is 0.747. The summed E-state index contributed by atoms with van der Waals surface area (Å²) in [5.41, 5.74) is 2.82. The number of hydrogen-bond acceptors (Lipinski definition) is 1. The maximum absolute atomic E-state index is 5.58. The Balaban J connectivity index is 2.21. The minimum Gasteiger partial charge on any atom is -0.316 e. The van der Waals surface area contributed by atoms with E-state index in [1.54, 1.807) is 0 Å². The topological polar surface area (TPSA) is 12.0 Å². The van der Waals surface area contributed by atoms with Gasteiger partial charge in [-0.3, -0.25) is 0 Å². The predicted molar refractivity (Wildman–Crippen MR) is 63.1 cm³/mol. The molecular formula is C12H18ClN. The molecule has 0 saturated heterocycles. The van der Waals surface area contributed by atoms with Crippen molar-refractivity contribution in [3.05, 3.63) is 35.4 Å². The molecule has 14 heavy (non-hydrogen) atoms. The molecule has 0 unspecified atom stereocenters. The third-order valence-electron chi connectivity index (χ3n) is 2.32. The van der Waals surface area contributed by atoms with E-state index in [-0.39, 0.29) is 0 Å². The summed E-state index contributed by atoms with van der Waals surface area (Å²) in [4.78, 5) is 0. The summed E-state index contributed by atoms with van der Waals surface area (Å²) >= 11 is 5.58. The van der Waals surface area contributed by atoms with E-state index in [1.165, 1.54) is 11.1 Å². The average Bonchev–Trinajstić information content (AvgIpc) is 2.20. The van der Waals surface area contributed by atoms with E-state index < -0.39 is 0 Å². The summed E-state index contributed by atoms with van der Waals surface area (Å²) in [6.45, 7) is 4.23. The van der Waals surface area contributed by atoms with Crippen molar-refractivity contribution in [3.8, 4) is 0 Å². The van der Waals surface area contributed by atoms with Crippen LogP contribution in [0.1, 0.15) is 17.5 Å². The molecule has 1 aromatic carbocycles. The van der Waals surface area contributed by atoms with E-state index in [1.807, 2.05) is 0 Å². The molecule has 0 aliphatic heterocycles. The fraction of sp³-hybridized carbons (Fsp3) is 0.500. The Bertz CT molecular complexity index is 260. The number of hydrogen-bond donors (Lipinski definition) is 1. The Kier molecular flexibility index (Phi) is 5.65. The maximum atomic E-state index is 5.58. The van der Waals surface area contributed by atoms with Gasteiger partial charge in [0.15, 0.2) is 0 Å². The van der Waals surface area contributed by atoms with Crippen molar-refractivity contribution in [3.63, 3.8) is 0 Å². The molecule has 1 aromatic rings. The quantitative estimate of drug-likeness (QED) is 0.564. The molecule has 0 amide bonds. The van der Waals surface area contributed by atoms with Crippen LogP contribution in [-0.2, 0) is 6.42 Å². The number of alkyl halides is 1. The van der Waals surface area contributed by atoms with Crippen LogP contribution in [0.3, 0.4) is 0 Å². The smallest absolute Gasteiger partial charge is 0.0235 e. The first-order chi connectivity index (χ1) is 6.84. The van der Waals surface area contributed by atoms with E-state index >= 15 is 0 Å². The molecule has 0 aliphatic carbocycles. The van der Waals surface area contributed by atoms with Crippen molar-refractivity contribution in [2.24, 2.45) is 0 Å². The van der Waals surface area contributed by atoms with E-state index in [0.717, 1.165) is 31.8 Å². The Morgan fingerprint density at radius 1 is 1.21 bits per heavy atom. The first-order valence-electron chi connectivity index (χ1n) is 5.16. The van der Waals surface area contributed by atoms with Crippen molar-refractivity contribution in [1.29, 1.82) is 0 Å². The van der Waals surface area contributed by atoms with Gasteiger partial charge >= 0.3 is 0 Å². The van der Waals surface area contributed by atoms with E-state index in [9.17, 15) is 0 Å². The van der Waals surface area contributed by atoms with Crippen molar-refractivity contribution in [2.75, 3.05) is 19.0 Å². The van der Waals surface area contributed by atoms with Gasteiger partial charge in [-0.2, -0.15) is 0 Å². The van der Waals surface area contributed by atoms with Gasteiger partial charge < -0.3 is 5.32 Å². The first kappa shape index (κ1) is 11.5. The Morgan fingerprint density at radius 2 is 2.00 bits per heavy atom. The minimum absolute atomic E-state index is 0.747. The van der Waals surface area contributed by atoms with Crippen LogP contribution in [0, 0.1) is 6.92 Å². The van der Waals surface area contributed by atoms with Crippen LogP contribution in [0.4, 0.5) is 0 Å². The van der Waals surface area contributed by atoms with Crippen LogP contribution in [0.15, 0.2) is 24.3 Å². The van der Waals surface area contributed by atoms with Crippen molar-refractivity contribution in [1.82, 2.24) is 5.32 Å². The molecule has 0 bridgehead atoms. The number of rotatable bonds is 6. The van der Waals surface area contributed by atoms with Crippen molar-refractivity contribution < 1.29 is 0 Å². The summed E-state index contributed by atoms with van der Waals surface area (Å²) in [7, 11) is 0. The molecule has 0 aliphatic rings. The van der Waals surface area contributed by atoms with Gasteiger partial charge in [0.05, 0.1) is 0 Å². The normalized spacial score (nSPS) is 10.4. The molecule has 1 rings (SSSR count). The number of benzene rings is 1. The van der Waals surface area contributed by atoms with Gasteiger partial charge in [-0.25, -0.2) is 0 Å². The lowest BCUT2D eigenvalue weighted by molar-refractivity contribution is 0.672. The van der Waals surface area contributed by atoms with Gasteiger partial charge in [-0.15, -0.1) is 11.6 Å². The zero-order valence-electron chi connectivity index (χ0n) is 8.72. The summed E-state index contributed by atoms with van der Waals surface area (Å²) in [6.07, 6.45) is 2.16. The third-order valence-corrected chi connectivity index (χ3v) is 2.59. The van der Waals surface area contributed by atoms with Gasteiger partial charge in [-0.1, -0.05) is 24.3 Å². The van der Waals surface area contributed by atoms with Crippen molar-refractivity contribution in [2.45, 2.75) is 19.8 Å². The highest BCUT2D eigenvalue weighted by molar-refractivity contribution is 6.17. The lowest BCUT2D eigenvalue weighted by Gasteiger charge is -2.06. The third kappa shape index (κ3) is 4.12. The summed E-state index contributed by atoms with van der Waals surface area (Å²) in [5, 5.41) is 3.38. The molecule has 0 spiro atoms. The standard InChI is InChI=1S/C12H18ClN/c1-11-5-2-3-6-12(11)7-10-14-9-4-8-13/h2-3,5-6,14H,4,7-10H2,1H3. The molecule has 2 heteroatoms. The molecular weight excluding hydrogens is 194 g/mol.